The number of likely N-dealkylation sites (tertiary alicyclic amines) is 1. The maximum Gasteiger partial charge on any atom is 0.229 e. The zero-order chi connectivity index (χ0) is 13.3. The Bertz CT molecular complexity index is 495. The Balaban J connectivity index is 2.09. The number of carbonyl (C=O) groups is 2. The molecule has 4 heteroatoms. The highest BCUT2D eigenvalue weighted by Crippen LogP contribution is 2.17. The molecule has 0 spiro atoms. The predicted molar refractivity (Wildman–Crippen MR) is 65.5 cm³/mol. The minimum Gasteiger partial charge on any atom is -0.282 e. The average Bonchev–Trinajstić information content (AvgIpc) is 2.62. The Kier molecular flexibility index (Phi) is 3.45. The van der Waals surface area contributed by atoms with E-state index in [1.54, 1.807) is 6.07 Å². The lowest BCUT2D eigenvalue weighted by Crippen LogP contribution is -2.31. The fraction of sp³-hybridized carbons (Fsp3) is 0.429. The molecule has 1 aliphatic heterocycles. The molecule has 18 heavy (non-hydrogen) atoms. The molecule has 0 aliphatic carbocycles. The first-order valence-electron chi connectivity index (χ1n) is 6.08. The first-order chi connectivity index (χ1) is 8.49. The molecular formula is C14H16FNO2. The van der Waals surface area contributed by atoms with Crippen LogP contribution in [0.1, 0.15) is 29.5 Å². The molecule has 1 aromatic carbocycles. The van der Waals surface area contributed by atoms with Crippen LogP contribution in [0.25, 0.3) is 0 Å². The van der Waals surface area contributed by atoms with Gasteiger partial charge >= 0.3 is 0 Å². The van der Waals surface area contributed by atoms with E-state index in [9.17, 15) is 14.0 Å². The van der Waals surface area contributed by atoms with Gasteiger partial charge in [0, 0.05) is 19.4 Å². The van der Waals surface area contributed by atoms with Gasteiger partial charge in [-0.2, -0.15) is 0 Å². The van der Waals surface area contributed by atoms with E-state index >= 15 is 0 Å². The topological polar surface area (TPSA) is 37.4 Å². The van der Waals surface area contributed by atoms with E-state index in [1.807, 2.05) is 13.8 Å². The van der Waals surface area contributed by atoms with Crippen molar-refractivity contribution in [2.45, 2.75) is 33.1 Å². The SMILES string of the molecule is Cc1cc(F)c(CCN2C(=O)CCC2=O)cc1C. The normalized spacial score (nSPS) is 15.6. The number of hydrogen-bond donors (Lipinski definition) is 0. The second kappa shape index (κ2) is 4.88. The van der Waals surface area contributed by atoms with E-state index in [-0.39, 0.29) is 37.0 Å². The first kappa shape index (κ1) is 12.7. The van der Waals surface area contributed by atoms with Crippen molar-refractivity contribution in [2.75, 3.05) is 6.54 Å². The summed E-state index contributed by atoms with van der Waals surface area (Å²) in [6.07, 6.45) is 0.951. The molecule has 1 heterocycles. The molecule has 96 valence electrons. The van der Waals surface area contributed by atoms with Crippen molar-refractivity contribution in [3.8, 4) is 0 Å². The summed E-state index contributed by atoms with van der Waals surface area (Å²) in [6.45, 7) is 4.05. The molecule has 0 aromatic heterocycles. The van der Waals surface area contributed by atoms with Gasteiger partial charge in [0.05, 0.1) is 0 Å². The number of carbonyl (C=O) groups excluding carboxylic acids is 2. The molecule has 0 radical (unpaired) electrons. The highest BCUT2D eigenvalue weighted by molar-refractivity contribution is 6.01. The van der Waals surface area contributed by atoms with Crippen molar-refractivity contribution in [3.63, 3.8) is 0 Å². The van der Waals surface area contributed by atoms with Gasteiger partial charge < -0.3 is 0 Å². The first-order valence-corrected chi connectivity index (χ1v) is 6.08. The molecule has 0 atom stereocenters. The molecule has 1 aliphatic rings. The number of imide groups is 1. The molecule has 1 aromatic rings. The smallest absolute Gasteiger partial charge is 0.229 e. The van der Waals surface area contributed by atoms with Crippen LogP contribution in [0.3, 0.4) is 0 Å². The van der Waals surface area contributed by atoms with E-state index in [0.717, 1.165) is 11.1 Å². The van der Waals surface area contributed by atoms with Crippen LogP contribution in [0.15, 0.2) is 12.1 Å². The van der Waals surface area contributed by atoms with Crippen LogP contribution in [0.5, 0.6) is 0 Å². The Labute approximate surface area is 106 Å². The highest BCUT2D eigenvalue weighted by atomic mass is 19.1. The largest absolute Gasteiger partial charge is 0.282 e. The van der Waals surface area contributed by atoms with Gasteiger partial charge in [0.1, 0.15) is 5.82 Å². The fourth-order valence-electron chi connectivity index (χ4n) is 2.14. The quantitative estimate of drug-likeness (QED) is 0.770. The van der Waals surface area contributed by atoms with Crippen molar-refractivity contribution in [1.82, 2.24) is 4.90 Å². The van der Waals surface area contributed by atoms with E-state index in [1.165, 1.54) is 11.0 Å². The Morgan fingerprint density at radius 3 is 2.28 bits per heavy atom. The molecule has 3 nitrogen and oxygen atoms in total. The Hall–Kier alpha value is -1.71. The summed E-state index contributed by atoms with van der Waals surface area (Å²) in [4.78, 5) is 24.1. The van der Waals surface area contributed by atoms with Gasteiger partial charge in [0.2, 0.25) is 11.8 Å². The van der Waals surface area contributed by atoms with Crippen molar-refractivity contribution in [1.29, 1.82) is 0 Å². The van der Waals surface area contributed by atoms with Gasteiger partial charge in [0.25, 0.3) is 0 Å². The zero-order valence-electron chi connectivity index (χ0n) is 10.6. The lowest BCUT2D eigenvalue weighted by atomic mass is 10.0. The molecule has 1 fully saturated rings. The van der Waals surface area contributed by atoms with Gasteiger partial charge in [-0.15, -0.1) is 0 Å². The number of benzene rings is 1. The van der Waals surface area contributed by atoms with Crippen molar-refractivity contribution in [2.24, 2.45) is 0 Å². The van der Waals surface area contributed by atoms with Gasteiger partial charge in [-0.25, -0.2) is 4.39 Å². The maximum absolute atomic E-state index is 13.7. The summed E-state index contributed by atoms with van der Waals surface area (Å²) >= 11 is 0. The van der Waals surface area contributed by atoms with Gasteiger partial charge in [0.15, 0.2) is 0 Å². The molecule has 0 saturated carbocycles. The van der Waals surface area contributed by atoms with Crippen molar-refractivity contribution in [3.05, 3.63) is 34.6 Å². The van der Waals surface area contributed by atoms with E-state index in [0.29, 0.717) is 12.0 Å². The molecule has 0 unspecified atom stereocenters. The predicted octanol–water partition coefficient (Wildman–Crippen LogP) is 2.13. The summed E-state index contributed by atoms with van der Waals surface area (Å²) in [5.74, 6) is -0.564. The maximum atomic E-state index is 13.7. The average molecular weight is 249 g/mol. The molecule has 2 rings (SSSR count). The summed E-state index contributed by atoms with van der Waals surface area (Å²) in [5, 5.41) is 0. The van der Waals surface area contributed by atoms with Crippen LogP contribution >= 0.6 is 0 Å². The van der Waals surface area contributed by atoms with Crippen LogP contribution in [-0.4, -0.2) is 23.3 Å². The summed E-state index contributed by atoms with van der Waals surface area (Å²) < 4.78 is 13.7. The third kappa shape index (κ3) is 2.42. The minimum absolute atomic E-state index is 0.149. The van der Waals surface area contributed by atoms with Gasteiger partial charge in [-0.3, -0.25) is 14.5 Å². The van der Waals surface area contributed by atoms with Crippen molar-refractivity contribution < 1.29 is 14.0 Å². The molecule has 2 amide bonds. The lowest BCUT2D eigenvalue weighted by Gasteiger charge is -2.14. The highest BCUT2D eigenvalue weighted by Gasteiger charge is 2.28. The van der Waals surface area contributed by atoms with Gasteiger partial charge in [-0.1, -0.05) is 6.07 Å². The van der Waals surface area contributed by atoms with Crippen LogP contribution < -0.4 is 0 Å². The molecular weight excluding hydrogens is 233 g/mol. The number of amides is 2. The van der Waals surface area contributed by atoms with Gasteiger partial charge in [-0.05, 0) is 43.0 Å². The summed E-state index contributed by atoms with van der Waals surface area (Å²) in [6, 6.07) is 3.29. The monoisotopic (exact) mass is 249 g/mol. The third-order valence-electron chi connectivity index (χ3n) is 3.42. The third-order valence-corrected chi connectivity index (χ3v) is 3.42. The van der Waals surface area contributed by atoms with Crippen LogP contribution in [0.2, 0.25) is 0 Å². The van der Waals surface area contributed by atoms with Crippen LogP contribution in [0, 0.1) is 19.7 Å². The Morgan fingerprint density at radius 1 is 1.11 bits per heavy atom. The molecule has 1 saturated heterocycles. The standard InChI is InChI=1S/C14H16FNO2/c1-9-7-11(12(15)8-10(9)2)5-6-16-13(17)3-4-14(16)18/h7-8H,3-6H2,1-2H3. The summed E-state index contributed by atoms with van der Waals surface area (Å²) in [5.41, 5.74) is 2.49. The van der Waals surface area contributed by atoms with E-state index in [4.69, 9.17) is 0 Å². The lowest BCUT2D eigenvalue weighted by molar-refractivity contribution is -0.138. The number of aryl methyl sites for hydroxylation is 2. The van der Waals surface area contributed by atoms with Crippen LogP contribution in [0.4, 0.5) is 4.39 Å². The number of hydrogen-bond acceptors (Lipinski definition) is 2. The number of nitrogens with zero attached hydrogens (tertiary/aromatic N) is 1. The number of rotatable bonds is 3. The minimum atomic E-state index is -0.266. The molecule has 0 N–H and O–H groups in total. The zero-order valence-corrected chi connectivity index (χ0v) is 10.6. The van der Waals surface area contributed by atoms with Crippen molar-refractivity contribution >= 4 is 11.8 Å². The second-order valence-corrected chi connectivity index (χ2v) is 4.72. The Morgan fingerprint density at radius 2 is 1.67 bits per heavy atom. The fourth-order valence-corrected chi connectivity index (χ4v) is 2.14. The summed E-state index contributed by atoms with van der Waals surface area (Å²) in [7, 11) is 0. The van der Waals surface area contributed by atoms with Crippen LogP contribution in [-0.2, 0) is 16.0 Å². The number of halogens is 1. The molecule has 0 bridgehead atoms. The van der Waals surface area contributed by atoms with E-state index in [2.05, 4.69) is 0 Å². The second-order valence-electron chi connectivity index (χ2n) is 4.72. The van der Waals surface area contributed by atoms with E-state index < -0.39 is 0 Å².